The first-order valence-corrected chi connectivity index (χ1v) is 18.1. The van der Waals surface area contributed by atoms with E-state index in [2.05, 4.69) is 21.3 Å². The van der Waals surface area contributed by atoms with E-state index in [1.165, 1.54) is 0 Å². The lowest BCUT2D eigenvalue weighted by molar-refractivity contribution is -0.130. The molecule has 10 nitrogen and oxygen atoms in total. The first kappa shape index (κ1) is 37.9. The Hall–Kier alpha value is -5.35. The van der Waals surface area contributed by atoms with Crippen LogP contribution in [0.2, 0.25) is 5.02 Å². The van der Waals surface area contributed by atoms with Gasteiger partial charge in [-0.2, -0.15) is 0 Å². The topological polar surface area (TPSA) is 129 Å². The van der Waals surface area contributed by atoms with Crippen LogP contribution in [-0.2, 0) is 33.8 Å². The van der Waals surface area contributed by atoms with Crippen LogP contribution in [0.15, 0.2) is 109 Å². The van der Waals surface area contributed by atoms with E-state index in [1.54, 1.807) is 42.3 Å². The molecule has 52 heavy (non-hydrogen) atoms. The SMILES string of the molecule is COc1ccc(NC(=O)C2CCN(C(=O)N[C@@H](CCc3ccccc3)C(=O)N[C@@H](CCc3ccccc3)C(=O)NCc3ccccc3Cl)CC2)cc1. The molecule has 1 heterocycles. The number of carbonyl (C=O) groups excluding carboxylic acids is 4. The molecule has 1 saturated heterocycles. The Morgan fingerprint density at radius 1 is 0.731 bits per heavy atom. The van der Waals surface area contributed by atoms with Crippen molar-refractivity contribution in [3.05, 3.63) is 131 Å². The molecule has 2 atom stereocenters. The number of ether oxygens (including phenoxy) is 1. The quantitative estimate of drug-likeness (QED) is 0.117. The zero-order valence-electron chi connectivity index (χ0n) is 29.4. The molecule has 5 rings (SSSR count). The number of benzene rings is 4. The molecule has 0 unspecified atom stereocenters. The highest BCUT2D eigenvalue weighted by Crippen LogP contribution is 2.22. The lowest BCUT2D eigenvalue weighted by Gasteiger charge is -2.33. The third kappa shape index (κ3) is 11.3. The van der Waals surface area contributed by atoms with Crippen LogP contribution in [0, 0.1) is 5.92 Å². The van der Waals surface area contributed by atoms with E-state index in [4.69, 9.17) is 16.3 Å². The molecule has 0 radical (unpaired) electrons. The number of piperidine rings is 1. The fourth-order valence-electron chi connectivity index (χ4n) is 6.17. The van der Waals surface area contributed by atoms with Crippen LogP contribution in [0.5, 0.6) is 5.75 Å². The number of hydrogen-bond donors (Lipinski definition) is 4. The van der Waals surface area contributed by atoms with Crippen LogP contribution in [-0.4, -0.2) is 60.9 Å². The van der Waals surface area contributed by atoms with Crippen LogP contribution >= 0.6 is 11.6 Å². The monoisotopic (exact) mass is 723 g/mol. The summed E-state index contributed by atoms with van der Waals surface area (Å²) in [5, 5.41) is 12.3. The molecule has 0 saturated carbocycles. The van der Waals surface area contributed by atoms with Crippen molar-refractivity contribution in [2.75, 3.05) is 25.5 Å². The molecule has 1 aliphatic heterocycles. The van der Waals surface area contributed by atoms with Crippen LogP contribution < -0.4 is 26.0 Å². The number of methoxy groups -OCH3 is 1. The fraction of sp³-hybridized carbons (Fsp3) is 0.317. The molecule has 1 fully saturated rings. The maximum absolute atomic E-state index is 14.0. The number of rotatable bonds is 15. The molecule has 4 aromatic carbocycles. The molecule has 4 N–H and O–H groups in total. The lowest BCUT2D eigenvalue weighted by atomic mass is 9.96. The van der Waals surface area contributed by atoms with Crippen molar-refractivity contribution in [3.8, 4) is 5.75 Å². The zero-order valence-corrected chi connectivity index (χ0v) is 30.1. The number of likely N-dealkylation sites (tertiary alicyclic amines) is 1. The molecular weight excluding hydrogens is 678 g/mol. The second kappa shape index (κ2) is 19.3. The number of nitrogens with one attached hydrogen (secondary N) is 4. The molecule has 0 spiro atoms. The minimum absolute atomic E-state index is 0.0975. The van der Waals surface area contributed by atoms with Crippen molar-refractivity contribution < 1.29 is 23.9 Å². The summed E-state index contributed by atoms with van der Waals surface area (Å²) in [6.45, 7) is 0.936. The Bertz CT molecular complexity index is 1770. The zero-order chi connectivity index (χ0) is 36.7. The van der Waals surface area contributed by atoms with Gasteiger partial charge >= 0.3 is 6.03 Å². The maximum Gasteiger partial charge on any atom is 0.318 e. The van der Waals surface area contributed by atoms with Crippen molar-refractivity contribution in [2.24, 2.45) is 5.92 Å². The summed E-state index contributed by atoms with van der Waals surface area (Å²) >= 11 is 6.33. The van der Waals surface area contributed by atoms with Gasteiger partial charge in [-0.15, -0.1) is 0 Å². The smallest absolute Gasteiger partial charge is 0.318 e. The van der Waals surface area contributed by atoms with Crippen LogP contribution in [0.3, 0.4) is 0 Å². The Morgan fingerprint density at radius 2 is 1.29 bits per heavy atom. The number of anilines is 1. The Labute approximate surface area is 310 Å². The maximum atomic E-state index is 14.0. The number of halogens is 1. The van der Waals surface area contributed by atoms with E-state index >= 15 is 0 Å². The van der Waals surface area contributed by atoms with Crippen LogP contribution in [0.25, 0.3) is 0 Å². The highest BCUT2D eigenvalue weighted by atomic mass is 35.5. The third-order valence-corrected chi connectivity index (χ3v) is 9.67. The molecule has 4 aromatic rings. The first-order chi connectivity index (χ1) is 25.3. The summed E-state index contributed by atoms with van der Waals surface area (Å²) in [6.07, 6.45) is 2.77. The standard InChI is InChI=1S/C41H46ClN5O5/c1-52-34-20-18-33(19-21-34)44-38(48)31-24-26-47(27-25-31)41(51)46-37(23-17-30-12-6-3-7-13-30)40(50)45-36(22-16-29-10-4-2-5-11-29)39(49)43-28-32-14-8-9-15-35(32)42/h2-15,18-21,31,36-37H,16-17,22-28H2,1H3,(H,43,49)(H,44,48)(H,45,50)(H,46,51)/t36-,37-/m0/s1. The highest BCUT2D eigenvalue weighted by Gasteiger charge is 2.31. The van der Waals surface area contributed by atoms with E-state index in [9.17, 15) is 19.2 Å². The molecule has 0 bridgehead atoms. The minimum atomic E-state index is -0.903. The largest absolute Gasteiger partial charge is 0.497 e. The van der Waals surface area contributed by atoms with Crippen molar-refractivity contribution in [1.29, 1.82) is 0 Å². The van der Waals surface area contributed by atoms with E-state index < -0.39 is 18.0 Å². The summed E-state index contributed by atoms with van der Waals surface area (Å²) < 4.78 is 5.19. The van der Waals surface area contributed by atoms with Crippen LogP contribution in [0.1, 0.15) is 42.4 Å². The predicted molar refractivity (Wildman–Crippen MR) is 203 cm³/mol. The molecule has 11 heteroatoms. The summed E-state index contributed by atoms with van der Waals surface area (Å²) in [7, 11) is 1.59. The van der Waals surface area contributed by atoms with Crippen molar-refractivity contribution in [1.82, 2.24) is 20.9 Å². The number of urea groups is 1. The summed E-state index contributed by atoms with van der Waals surface area (Å²) in [4.78, 5) is 55.8. The number of carbonyl (C=O) groups is 4. The van der Waals surface area contributed by atoms with Gasteiger partial charge in [0.25, 0.3) is 0 Å². The van der Waals surface area contributed by atoms with Crippen molar-refractivity contribution >= 4 is 41.0 Å². The second-order valence-electron chi connectivity index (χ2n) is 12.9. The predicted octanol–water partition coefficient (Wildman–Crippen LogP) is 6.14. The average molecular weight is 724 g/mol. The van der Waals surface area contributed by atoms with Crippen LogP contribution in [0.4, 0.5) is 10.5 Å². The van der Waals surface area contributed by atoms with E-state index in [1.807, 2.05) is 78.9 Å². The fourth-order valence-corrected chi connectivity index (χ4v) is 6.37. The van der Waals surface area contributed by atoms with Gasteiger partial charge in [0.1, 0.15) is 17.8 Å². The van der Waals surface area contributed by atoms with Gasteiger partial charge < -0.3 is 30.9 Å². The molecule has 0 aliphatic carbocycles. The number of amides is 5. The third-order valence-electron chi connectivity index (χ3n) is 9.30. The van der Waals surface area contributed by atoms with E-state index in [0.29, 0.717) is 68.1 Å². The average Bonchev–Trinajstić information content (AvgIpc) is 3.18. The molecule has 272 valence electrons. The van der Waals surface area contributed by atoms with Gasteiger partial charge in [0.05, 0.1) is 7.11 Å². The van der Waals surface area contributed by atoms with Crippen molar-refractivity contribution in [2.45, 2.75) is 57.2 Å². The van der Waals surface area contributed by atoms with Gasteiger partial charge in [-0.3, -0.25) is 14.4 Å². The number of nitrogens with zero attached hydrogens (tertiary/aromatic N) is 1. The second-order valence-corrected chi connectivity index (χ2v) is 13.3. The van der Waals surface area contributed by atoms with Gasteiger partial charge in [-0.25, -0.2) is 4.79 Å². The summed E-state index contributed by atoms with van der Waals surface area (Å²) in [6, 6.07) is 31.8. The van der Waals surface area contributed by atoms with Gasteiger partial charge in [0, 0.05) is 36.3 Å². The molecule has 5 amide bonds. The number of hydrogen-bond acceptors (Lipinski definition) is 5. The van der Waals surface area contributed by atoms with Gasteiger partial charge in [-0.05, 0) is 85.5 Å². The van der Waals surface area contributed by atoms with E-state index in [0.717, 1.165) is 16.7 Å². The number of aryl methyl sites for hydroxylation is 2. The Morgan fingerprint density at radius 3 is 1.87 bits per heavy atom. The first-order valence-electron chi connectivity index (χ1n) is 17.7. The normalized spacial score (nSPS) is 14.1. The Kier molecular flexibility index (Phi) is 14.1. The Balaban J connectivity index is 1.23. The lowest BCUT2D eigenvalue weighted by Crippen LogP contribution is -2.56. The summed E-state index contributed by atoms with van der Waals surface area (Å²) in [5.41, 5.74) is 3.51. The van der Waals surface area contributed by atoms with Crippen molar-refractivity contribution in [3.63, 3.8) is 0 Å². The summed E-state index contributed by atoms with van der Waals surface area (Å²) in [5.74, 6) is -0.429. The molecular formula is C41H46ClN5O5. The minimum Gasteiger partial charge on any atom is -0.497 e. The van der Waals surface area contributed by atoms with Gasteiger partial charge in [0.15, 0.2) is 0 Å². The van der Waals surface area contributed by atoms with Gasteiger partial charge in [0.2, 0.25) is 17.7 Å². The van der Waals surface area contributed by atoms with Gasteiger partial charge in [-0.1, -0.05) is 90.5 Å². The molecule has 0 aromatic heterocycles. The highest BCUT2D eigenvalue weighted by molar-refractivity contribution is 6.31. The molecule has 1 aliphatic rings. The van der Waals surface area contributed by atoms with E-state index in [-0.39, 0.29) is 30.3 Å².